The molecule has 0 saturated heterocycles. The zero-order valence-electron chi connectivity index (χ0n) is 9.08. The lowest BCUT2D eigenvalue weighted by Crippen LogP contribution is -2.09. The third-order valence-corrected chi connectivity index (χ3v) is 2.71. The van der Waals surface area contributed by atoms with Crippen LogP contribution in [0.3, 0.4) is 0 Å². The molecule has 1 atom stereocenters. The molecule has 3 nitrogen and oxygen atoms in total. The number of phenolic OH excluding ortho intramolecular Hbond substituents is 1. The van der Waals surface area contributed by atoms with Crippen molar-refractivity contribution in [2.75, 3.05) is 0 Å². The number of ether oxygens (including phenoxy) is 1. The molecule has 1 unspecified atom stereocenters. The molecular formula is C14H11NO2. The van der Waals surface area contributed by atoms with Crippen LogP contribution in [-0.2, 0) is 0 Å². The standard InChI is InChI=1S/C14H11NO2/c16-12-6-3-10(4-7-12)13-8-5-11-2-1-9-15-14(11)17-13/h1-9,13,16H. The highest BCUT2D eigenvalue weighted by Gasteiger charge is 2.16. The van der Waals surface area contributed by atoms with Gasteiger partial charge >= 0.3 is 0 Å². The van der Waals surface area contributed by atoms with Crippen molar-refractivity contribution >= 4 is 6.08 Å². The van der Waals surface area contributed by atoms with E-state index in [1.165, 1.54) is 0 Å². The molecule has 3 heteroatoms. The number of aromatic hydroxyl groups is 1. The minimum Gasteiger partial charge on any atom is -0.508 e. The molecule has 0 aliphatic carbocycles. The number of nitrogens with zero attached hydrogens (tertiary/aromatic N) is 1. The first-order chi connectivity index (χ1) is 8.33. The van der Waals surface area contributed by atoms with Crippen LogP contribution in [0.1, 0.15) is 17.2 Å². The van der Waals surface area contributed by atoms with Gasteiger partial charge in [0.2, 0.25) is 5.88 Å². The van der Waals surface area contributed by atoms with E-state index in [9.17, 15) is 5.11 Å². The Bertz CT molecular complexity index is 561. The van der Waals surface area contributed by atoms with Gasteiger partial charge in [0, 0.05) is 11.8 Å². The Morgan fingerprint density at radius 2 is 1.94 bits per heavy atom. The highest BCUT2D eigenvalue weighted by atomic mass is 16.5. The summed E-state index contributed by atoms with van der Waals surface area (Å²) in [7, 11) is 0. The SMILES string of the molecule is Oc1ccc(C2C=Cc3cccnc3O2)cc1. The third-order valence-electron chi connectivity index (χ3n) is 2.71. The quantitative estimate of drug-likeness (QED) is 0.811. The molecule has 2 aromatic rings. The number of aromatic nitrogens is 1. The summed E-state index contributed by atoms with van der Waals surface area (Å²) >= 11 is 0. The van der Waals surface area contributed by atoms with Crippen LogP contribution < -0.4 is 4.74 Å². The lowest BCUT2D eigenvalue weighted by atomic mass is 10.1. The predicted octanol–water partition coefficient (Wildman–Crippen LogP) is 2.93. The summed E-state index contributed by atoms with van der Waals surface area (Å²) in [4.78, 5) is 4.19. The van der Waals surface area contributed by atoms with Gasteiger partial charge in [0.1, 0.15) is 11.9 Å². The third kappa shape index (κ3) is 1.87. The number of fused-ring (bicyclic) bond motifs is 1. The van der Waals surface area contributed by atoms with E-state index in [-0.39, 0.29) is 11.9 Å². The Hall–Kier alpha value is -2.29. The molecule has 1 aromatic carbocycles. The van der Waals surface area contributed by atoms with Gasteiger partial charge in [0.05, 0.1) is 0 Å². The van der Waals surface area contributed by atoms with Gasteiger partial charge in [-0.15, -0.1) is 0 Å². The van der Waals surface area contributed by atoms with Crippen LogP contribution >= 0.6 is 0 Å². The molecule has 0 fully saturated rings. The maximum Gasteiger partial charge on any atom is 0.221 e. The molecule has 0 saturated carbocycles. The molecule has 1 aliphatic heterocycles. The van der Waals surface area contributed by atoms with Crippen LogP contribution in [0.25, 0.3) is 6.08 Å². The van der Waals surface area contributed by atoms with Crippen molar-refractivity contribution in [1.29, 1.82) is 0 Å². The minimum atomic E-state index is -0.141. The average Bonchev–Trinajstić information content (AvgIpc) is 2.39. The first-order valence-electron chi connectivity index (χ1n) is 5.42. The van der Waals surface area contributed by atoms with Crippen LogP contribution in [0.5, 0.6) is 11.6 Å². The Morgan fingerprint density at radius 1 is 1.12 bits per heavy atom. The molecule has 17 heavy (non-hydrogen) atoms. The van der Waals surface area contributed by atoms with Gasteiger partial charge < -0.3 is 9.84 Å². The number of benzene rings is 1. The smallest absolute Gasteiger partial charge is 0.221 e. The molecule has 0 radical (unpaired) electrons. The summed E-state index contributed by atoms with van der Waals surface area (Å²) < 4.78 is 5.78. The van der Waals surface area contributed by atoms with E-state index in [1.807, 2.05) is 36.4 Å². The van der Waals surface area contributed by atoms with E-state index in [4.69, 9.17) is 4.74 Å². The van der Waals surface area contributed by atoms with E-state index >= 15 is 0 Å². The van der Waals surface area contributed by atoms with Crippen LogP contribution in [0.4, 0.5) is 0 Å². The number of rotatable bonds is 1. The molecule has 2 heterocycles. The van der Waals surface area contributed by atoms with Crippen molar-refractivity contribution < 1.29 is 9.84 Å². The van der Waals surface area contributed by atoms with Crippen molar-refractivity contribution in [2.45, 2.75) is 6.10 Å². The number of pyridine rings is 1. The first kappa shape index (κ1) is 9.90. The Labute approximate surface area is 99.0 Å². The van der Waals surface area contributed by atoms with Gasteiger partial charge in [0.15, 0.2) is 0 Å². The highest BCUT2D eigenvalue weighted by Crippen LogP contribution is 2.30. The molecule has 0 spiro atoms. The van der Waals surface area contributed by atoms with Gasteiger partial charge in [-0.25, -0.2) is 4.98 Å². The second-order valence-corrected chi connectivity index (χ2v) is 3.89. The summed E-state index contributed by atoms with van der Waals surface area (Å²) in [5.74, 6) is 0.903. The summed E-state index contributed by atoms with van der Waals surface area (Å²) in [6.07, 6.45) is 5.56. The summed E-state index contributed by atoms with van der Waals surface area (Å²) in [6.45, 7) is 0. The predicted molar refractivity (Wildman–Crippen MR) is 64.7 cm³/mol. The number of phenols is 1. The fourth-order valence-corrected chi connectivity index (χ4v) is 1.82. The lowest BCUT2D eigenvalue weighted by Gasteiger charge is -2.20. The van der Waals surface area contributed by atoms with Gasteiger partial charge in [-0.05, 0) is 42.0 Å². The average molecular weight is 225 g/mol. The van der Waals surface area contributed by atoms with Crippen LogP contribution in [0, 0.1) is 0 Å². The second-order valence-electron chi connectivity index (χ2n) is 3.89. The fourth-order valence-electron chi connectivity index (χ4n) is 1.82. The second kappa shape index (κ2) is 3.94. The molecule has 3 rings (SSSR count). The van der Waals surface area contributed by atoms with Gasteiger partial charge in [-0.2, -0.15) is 0 Å². The van der Waals surface area contributed by atoms with Crippen LogP contribution in [0.2, 0.25) is 0 Å². The molecule has 1 N–H and O–H groups in total. The van der Waals surface area contributed by atoms with Gasteiger partial charge in [0.25, 0.3) is 0 Å². The Balaban J connectivity index is 1.92. The summed E-state index contributed by atoms with van der Waals surface area (Å²) in [5, 5.41) is 9.24. The Morgan fingerprint density at radius 3 is 2.76 bits per heavy atom. The molecule has 1 aromatic heterocycles. The maximum absolute atomic E-state index is 9.24. The van der Waals surface area contributed by atoms with Gasteiger partial charge in [-0.1, -0.05) is 12.1 Å². The highest BCUT2D eigenvalue weighted by molar-refractivity contribution is 5.58. The molecule has 1 aliphatic rings. The zero-order chi connectivity index (χ0) is 11.7. The summed E-state index contributed by atoms with van der Waals surface area (Å²) in [5.41, 5.74) is 1.98. The van der Waals surface area contributed by atoms with E-state index in [0.29, 0.717) is 5.88 Å². The number of hydrogen-bond acceptors (Lipinski definition) is 3. The zero-order valence-corrected chi connectivity index (χ0v) is 9.08. The van der Waals surface area contributed by atoms with Crippen molar-refractivity contribution in [3.8, 4) is 11.6 Å². The topological polar surface area (TPSA) is 42.4 Å². The van der Waals surface area contributed by atoms with E-state index < -0.39 is 0 Å². The van der Waals surface area contributed by atoms with Crippen LogP contribution in [-0.4, -0.2) is 10.1 Å². The first-order valence-corrected chi connectivity index (χ1v) is 5.42. The van der Waals surface area contributed by atoms with E-state index in [1.54, 1.807) is 18.3 Å². The molecule has 84 valence electrons. The largest absolute Gasteiger partial charge is 0.508 e. The maximum atomic E-state index is 9.24. The van der Waals surface area contributed by atoms with Crippen molar-refractivity contribution in [1.82, 2.24) is 4.98 Å². The molecule has 0 bridgehead atoms. The summed E-state index contributed by atoms with van der Waals surface area (Å²) in [6, 6.07) is 10.8. The van der Waals surface area contributed by atoms with Crippen LogP contribution in [0.15, 0.2) is 48.7 Å². The van der Waals surface area contributed by atoms with E-state index in [0.717, 1.165) is 11.1 Å². The fraction of sp³-hybridized carbons (Fsp3) is 0.0714. The normalized spacial score (nSPS) is 17.3. The lowest BCUT2D eigenvalue weighted by molar-refractivity contribution is 0.241. The molecular weight excluding hydrogens is 214 g/mol. The van der Waals surface area contributed by atoms with Crippen molar-refractivity contribution in [3.63, 3.8) is 0 Å². The number of hydrogen-bond donors (Lipinski definition) is 1. The van der Waals surface area contributed by atoms with Gasteiger partial charge in [-0.3, -0.25) is 0 Å². The minimum absolute atomic E-state index is 0.141. The Kier molecular flexibility index (Phi) is 2.29. The van der Waals surface area contributed by atoms with E-state index in [2.05, 4.69) is 4.98 Å². The monoisotopic (exact) mass is 225 g/mol. The van der Waals surface area contributed by atoms with Crippen molar-refractivity contribution in [2.24, 2.45) is 0 Å². The van der Waals surface area contributed by atoms with Crippen molar-refractivity contribution in [3.05, 3.63) is 59.8 Å². The molecule has 0 amide bonds.